The Morgan fingerprint density at radius 1 is 0.882 bits per heavy atom. The minimum atomic E-state index is -0.557. The average molecular weight is 690 g/mol. The summed E-state index contributed by atoms with van der Waals surface area (Å²) in [6.45, 7) is 8.13. The number of carbonyl (C=O) groups excluding carboxylic acids is 2. The van der Waals surface area contributed by atoms with Crippen LogP contribution in [0.3, 0.4) is 0 Å². The molecule has 2 bridgehead atoms. The summed E-state index contributed by atoms with van der Waals surface area (Å²) >= 11 is 0. The largest absolute Gasteiger partial charge is 0.366 e. The topological polar surface area (TPSA) is 86.6 Å². The van der Waals surface area contributed by atoms with E-state index in [-0.39, 0.29) is 23.9 Å². The lowest BCUT2D eigenvalue weighted by molar-refractivity contribution is -0.141. The van der Waals surface area contributed by atoms with Gasteiger partial charge in [0, 0.05) is 54.4 Å². The Hall–Kier alpha value is -3.46. The summed E-state index contributed by atoms with van der Waals surface area (Å²) in [6.07, 6.45) is 17.8. The molecule has 2 aromatic heterocycles. The summed E-state index contributed by atoms with van der Waals surface area (Å²) in [5, 5.41) is 3.71. The van der Waals surface area contributed by atoms with Crippen LogP contribution in [0.2, 0.25) is 0 Å². The molecule has 5 heterocycles. The number of imidazole rings is 1. The number of hydrogen-bond donors (Lipinski definition) is 1. The van der Waals surface area contributed by atoms with Crippen LogP contribution in [0.4, 0.5) is 11.5 Å². The number of aromatic nitrogens is 3. The molecule has 4 saturated carbocycles. The number of fused-ring (bicyclic) bond motifs is 5. The molecule has 9 heteroatoms. The summed E-state index contributed by atoms with van der Waals surface area (Å²) in [5.41, 5.74) is 5.65. The van der Waals surface area contributed by atoms with Crippen molar-refractivity contribution in [3.8, 4) is 11.3 Å². The minimum absolute atomic E-state index is 0.189. The highest BCUT2D eigenvalue weighted by Gasteiger charge is 2.56. The second kappa shape index (κ2) is 12.3. The molecule has 51 heavy (non-hydrogen) atoms. The highest BCUT2D eigenvalue weighted by atomic mass is 16.2. The van der Waals surface area contributed by atoms with E-state index in [1.807, 2.05) is 6.33 Å². The number of hydrogen-bond acceptors (Lipinski definition) is 6. The number of likely N-dealkylation sites (tertiary alicyclic amines) is 2. The third kappa shape index (κ3) is 5.42. The summed E-state index contributed by atoms with van der Waals surface area (Å²) in [4.78, 5) is 45.9. The van der Waals surface area contributed by atoms with Crippen LogP contribution in [0.25, 0.3) is 22.3 Å². The lowest BCUT2D eigenvalue weighted by Gasteiger charge is -2.48. The van der Waals surface area contributed by atoms with Crippen molar-refractivity contribution < 1.29 is 9.59 Å². The molecule has 1 N–H and O–H groups in total. The number of amides is 2. The zero-order chi connectivity index (χ0) is 34.4. The predicted octanol–water partition coefficient (Wildman–Crippen LogP) is 7.30. The van der Waals surface area contributed by atoms with Crippen molar-refractivity contribution in [1.29, 1.82) is 0 Å². The number of benzene rings is 1. The fourth-order valence-electron chi connectivity index (χ4n) is 11.1. The smallest absolute Gasteiger partial charge is 0.238 e. The molecule has 9 nitrogen and oxygen atoms in total. The molecule has 10 rings (SSSR count). The molecule has 2 amide bonds. The second-order valence-corrected chi connectivity index (χ2v) is 17.8. The molecule has 2 saturated heterocycles. The van der Waals surface area contributed by atoms with Gasteiger partial charge in [0.15, 0.2) is 5.82 Å². The van der Waals surface area contributed by atoms with Gasteiger partial charge in [-0.05, 0) is 127 Å². The normalized spacial score (nSPS) is 30.3. The van der Waals surface area contributed by atoms with Crippen molar-refractivity contribution in [3.05, 3.63) is 36.2 Å². The number of anilines is 2. The van der Waals surface area contributed by atoms with Crippen LogP contribution in [-0.4, -0.2) is 80.5 Å². The highest BCUT2D eigenvalue weighted by molar-refractivity contribution is 6.09. The average Bonchev–Trinajstić information content (AvgIpc) is 3.66. The van der Waals surface area contributed by atoms with Crippen LogP contribution in [0, 0.1) is 17.8 Å². The Kier molecular flexibility index (Phi) is 7.78. The third-order valence-corrected chi connectivity index (χ3v) is 14.2. The Labute approximate surface area is 302 Å². The van der Waals surface area contributed by atoms with Gasteiger partial charge in [-0.25, -0.2) is 9.97 Å². The van der Waals surface area contributed by atoms with Gasteiger partial charge in [-0.3, -0.25) is 9.59 Å². The first-order valence-electron chi connectivity index (χ1n) is 20.5. The van der Waals surface area contributed by atoms with Crippen LogP contribution in [0.5, 0.6) is 0 Å². The van der Waals surface area contributed by atoms with E-state index < -0.39 is 5.41 Å². The van der Waals surface area contributed by atoms with Gasteiger partial charge >= 0.3 is 0 Å². The lowest BCUT2D eigenvalue weighted by atomic mass is 9.72. The monoisotopic (exact) mass is 689 g/mol. The van der Waals surface area contributed by atoms with Crippen molar-refractivity contribution in [3.63, 3.8) is 0 Å². The molecule has 3 aromatic rings. The molecule has 1 spiro atoms. The third-order valence-electron chi connectivity index (χ3n) is 14.2. The first-order chi connectivity index (χ1) is 24.8. The molecule has 3 aliphatic heterocycles. The van der Waals surface area contributed by atoms with Crippen LogP contribution < -0.4 is 10.2 Å². The first-order valence-corrected chi connectivity index (χ1v) is 20.5. The zero-order valence-electron chi connectivity index (χ0n) is 30.7. The van der Waals surface area contributed by atoms with E-state index in [1.165, 1.54) is 70.0 Å². The maximum absolute atomic E-state index is 15.0. The van der Waals surface area contributed by atoms with Gasteiger partial charge in [-0.15, -0.1) is 0 Å². The second-order valence-electron chi connectivity index (χ2n) is 17.8. The summed E-state index contributed by atoms with van der Waals surface area (Å²) in [5.74, 6) is 3.23. The van der Waals surface area contributed by atoms with Crippen LogP contribution >= 0.6 is 0 Å². The van der Waals surface area contributed by atoms with Crippen molar-refractivity contribution in [2.24, 2.45) is 17.8 Å². The fourth-order valence-corrected chi connectivity index (χ4v) is 11.1. The van der Waals surface area contributed by atoms with E-state index in [0.29, 0.717) is 43.9 Å². The van der Waals surface area contributed by atoms with E-state index in [9.17, 15) is 9.59 Å². The van der Waals surface area contributed by atoms with Gasteiger partial charge in [0.1, 0.15) is 5.52 Å². The van der Waals surface area contributed by atoms with E-state index >= 15 is 0 Å². The van der Waals surface area contributed by atoms with Crippen LogP contribution in [0.15, 0.2) is 30.6 Å². The fraction of sp³-hybridized carbons (Fsp3) is 0.667. The molecule has 1 aromatic carbocycles. The Morgan fingerprint density at radius 3 is 2.33 bits per heavy atom. The summed E-state index contributed by atoms with van der Waals surface area (Å²) < 4.78 is 2.22. The first kappa shape index (κ1) is 32.2. The predicted molar refractivity (Wildman–Crippen MR) is 201 cm³/mol. The maximum atomic E-state index is 15.0. The van der Waals surface area contributed by atoms with Gasteiger partial charge in [-0.1, -0.05) is 31.4 Å². The van der Waals surface area contributed by atoms with Crippen molar-refractivity contribution in [2.45, 2.75) is 133 Å². The van der Waals surface area contributed by atoms with E-state index in [2.05, 4.69) is 62.7 Å². The number of pyridine rings is 1. The van der Waals surface area contributed by atoms with Crippen LogP contribution in [0.1, 0.15) is 115 Å². The van der Waals surface area contributed by atoms with Gasteiger partial charge < -0.3 is 24.6 Å². The van der Waals surface area contributed by atoms with Crippen molar-refractivity contribution >= 4 is 34.4 Å². The maximum Gasteiger partial charge on any atom is 0.238 e. The van der Waals surface area contributed by atoms with E-state index in [0.717, 1.165) is 71.3 Å². The standard InChI is InChI=1S/C42H55N7O2/c1-26(2)48-25-43-36-24-35(45-39(38(36)48)44-31-9-10-31)29-8-11-34-37(21-29)49(33-22-32(23-33)46-14-4-3-5-15-46)41(51)42(34)12-16-47(17-13-42)40(50)30-19-27-6-7-28(18-27)20-30/h8,11,21,24-28,30-33H,3-7,9-10,12-20,22-23H2,1-2H3,(H,44,45)/t27-,28+,30+,32-,33+. The molecule has 4 aliphatic carbocycles. The van der Waals surface area contributed by atoms with E-state index in [1.54, 1.807) is 0 Å². The summed E-state index contributed by atoms with van der Waals surface area (Å²) in [6, 6.07) is 10.4. The van der Waals surface area contributed by atoms with E-state index in [4.69, 9.17) is 9.97 Å². The molecule has 0 unspecified atom stereocenters. The Morgan fingerprint density at radius 2 is 1.63 bits per heavy atom. The SMILES string of the molecule is CC(C)n1cnc2cc(-c3ccc4c(c3)N([C@H]3C[C@@H](N5CCCCC5)C3)C(=O)C43CCN(C(=O)[C@H]4C[C@@H]5CC[C@@H](C5)C4)CC3)nc(NC3CC3)c21. The van der Waals surface area contributed by atoms with Gasteiger partial charge in [0.2, 0.25) is 11.8 Å². The minimum Gasteiger partial charge on any atom is -0.366 e. The number of nitrogens with zero attached hydrogens (tertiary/aromatic N) is 6. The Bertz CT molecular complexity index is 1830. The van der Waals surface area contributed by atoms with Gasteiger partial charge in [-0.2, -0.15) is 0 Å². The number of nitrogens with one attached hydrogen (secondary N) is 1. The van der Waals surface area contributed by atoms with Gasteiger partial charge in [0.05, 0.1) is 23.0 Å². The quantitative estimate of drug-likeness (QED) is 0.280. The molecule has 7 aliphatic rings. The highest BCUT2D eigenvalue weighted by Crippen LogP contribution is 2.53. The lowest BCUT2D eigenvalue weighted by Crippen LogP contribution is -2.58. The van der Waals surface area contributed by atoms with Crippen molar-refractivity contribution in [2.75, 3.05) is 36.4 Å². The summed E-state index contributed by atoms with van der Waals surface area (Å²) in [7, 11) is 0. The number of carbonyl (C=O) groups is 2. The van der Waals surface area contributed by atoms with Crippen molar-refractivity contribution in [1.82, 2.24) is 24.3 Å². The van der Waals surface area contributed by atoms with Gasteiger partial charge in [0.25, 0.3) is 0 Å². The molecular formula is C42H55N7O2. The number of piperidine rings is 2. The molecule has 0 radical (unpaired) electrons. The Balaban J connectivity index is 0.971. The number of rotatable bonds is 7. The molecule has 270 valence electrons. The van der Waals surface area contributed by atoms with Crippen LogP contribution in [-0.2, 0) is 15.0 Å². The molecule has 6 fully saturated rings. The molecular weight excluding hydrogens is 635 g/mol. The molecule has 3 atom stereocenters. The zero-order valence-corrected chi connectivity index (χ0v) is 30.7.